The number of fused-ring (bicyclic) bond motifs is 12. The SMILES string of the molecule is C=C(C)C(=O)OCC1CC2CC1C1C3CC(C4OC34)C21. The molecule has 4 saturated carbocycles. The summed E-state index contributed by atoms with van der Waals surface area (Å²) in [7, 11) is 0. The van der Waals surface area contributed by atoms with E-state index in [4.69, 9.17) is 9.47 Å². The van der Waals surface area contributed by atoms with Gasteiger partial charge in [-0.3, -0.25) is 0 Å². The van der Waals surface area contributed by atoms with E-state index in [0.29, 0.717) is 30.3 Å². The Morgan fingerprint density at radius 2 is 1.90 bits per heavy atom. The van der Waals surface area contributed by atoms with E-state index in [1.807, 2.05) is 0 Å². The van der Waals surface area contributed by atoms with Crippen molar-refractivity contribution in [2.45, 2.75) is 38.4 Å². The van der Waals surface area contributed by atoms with Crippen molar-refractivity contribution in [3.05, 3.63) is 12.2 Å². The molecule has 5 aliphatic rings. The average molecular weight is 274 g/mol. The van der Waals surface area contributed by atoms with Crippen LogP contribution in [0.4, 0.5) is 0 Å². The Morgan fingerprint density at radius 1 is 1.15 bits per heavy atom. The molecule has 0 aromatic rings. The van der Waals surface area contributed by atoms with Crippen molar-refractivity contribution in [2.75, 3.05) is 6.61 Å². The maximum Gasteiger partial charge on any atom is 0.333 e. The zero-order valence-corrected chi connectivity index (χ0v) is 12.0. The van der Waals surface area contributed by atoms with Crippen molar-refractivity contribution >= 4 is 5.97 Å². The lowest BCUT2D eigenvalue weighted by atomic mass is 9.68. The minimum atomic E-state index is -0.220. The molecule has 0 amide bonds. The van der Waals surface area contributed by atoms with E-state index < -0.39 is 0 Å². The van der Waals surface area contributed by atoms with Gasteiger partial charge in [-0.15, -0.1) is 0 Å². The van der Waals surface area contributed by atoms with Crippen LogP contribution in [0, 0.1) is 41.4 Å². The van der Waals surface area contributed by atoms with Gasteiger partial charge in [0.1, 0.15) is 0 Å². The number of esters is 1. The number of epoxide rings is 1. The molecule has 20 heavy (non-hydrogen) atoms. The zero-order valence-electron chi connectivity index (χ0n) is 12.0. The third-order valence-corrected chi connectivity index (χ3v) is 6.98. The second-order valence-electron chi connectivity index (χ2n) is 7.82. The molecular weight excluding hydrogens is 252 g/mol. The molecule has 4 bridgehead atoms. The first-order valence-corrected chi connectivity index (χ1v) is 8.13. The summed E-state index contributed by atoms with van der Waals surface area (Å²) in [4.78, 5) is 11.6. The van der Waals surface area contributed by atoms with Gasteiger partial charge in [0.05, 0.1) is 18.8 Å². The molecule has 0 aromatic heterocycles. The number of hydrogen-bond donors (Lipinski definition) is 0. The van der Waals surface area contributed by atoms with E-state index in [-0.39, 0.29) is 5.97 Å². The summed E-state index contributed by atoms with van der Waals surface area (Å²) in [5.74, 6) is 5.61. The van der Waals surface area contributed by atoms with Crippen LogP contribution < -0.4 is 0 Å². The van der Waals surface area contributed by atoms with Gasteiger partial charge < -0.3 is 9.47 Å². The Balaban J connectivity index is 1.30. The molecule has 4 aliphatic carbocycles. The first kappa shape index (κ1) is 11.8. The number of rotatable bonds is 3. The van der Waals surface area contributed by atoms with Crippen molar-refractivity contribution in [1.29, 1.82) is 0 Å². The fourth-order valence-electron chi connectivity index (χ4n) is 6.48. The first-order valence-electron chi connectivity index (χ1n) is 8.13. The molecule has 1 aliphatic heterocycles. The van der Waals surface area contributed by atoms with E-state index >= 15 is 0 Å². The summed E-state index contributed by atoms with van der Waals surface area (Å²) >= 11 is 0. The normalized spacial score (nSPS) is 56.5. The number of carbonyl (C=O) groups is 1. The maximum absolute atomic E-state index is 11.6. The summed E-state index contributed by atoms with van der Waals surface area (Å²) in [5.41, 5.74) is 0.514. The predicted molar refractivity (Wildman–Crippen MR) is 72.7 cm³/mol. The largest absolute Gasteiger partial charge is 0.462 e. The molecular formula is C17H22O3. The fraction of sp³-hybridized carbons (Fsp3) is 0.824. The molecule has 9 atom stereocenters. The third kappa shape index (κ3) is 1.33. The van der Waals surface area contributed by atoms with E-state index in [1.165, 1.54) is 19.3 Å². The quantitative estimate of drug-likeness (QED) is 0.343. The van der Waals surface area contributed by atoms with Gasteiger partial charge in [0.15, 0.2) is 0 Å². The summed E-state index contributed by atoms with van der Waals surface area (Å²) in [6.45, 7) is 5.99. The molecule has 0 spiro atoms. The maximum atomic E-state index is 11.6. The predicted octanol–water partition coefficient (Wildman–Crippen LogP) is 2.41. The minimum absolute atomic E-state index is 0.220. The molecule has 3 heteroatoms. The lowest BCUT2D eigenvalue weighted by Gasteiger charge is -2.37. The highest BCUT2D eigenvalue weighted by atomic mass is 16.6. The van der Waals surface area contributed by atoms with E-state index in [9.17, 15) is 4.79 Å². The van der Waals surface area contributed by atoms with Crippen LogP contribution >= 0.6 is 0 Å². The molecule has 108 valence electrons. The van der Waals surface area contributed by atoms with Gasteiger partial charge in [-0.05, 0) is 67.6 Å². The van der Waals surface area contributed by atoms with Gasteiger partial charge >= 0.3 is 5.97 Å². The average Bonchev–Trinajstić information content (AvgIpc) is 2.81. The van der Waals surface area contributed by atoms with E-state index in [0.717, 1.165) is 35.5 Å². The molecule has 5 fully saturated rings. The minimum Gasteiger partial charge on any atom is -0.462 e. The Morgan fingerprint density at radius 3 is 2.65 bits per heavy atom. The summed E-state index contributed by atoms with van der Waals surface area (Å²) < 4.78 is 11.3. The van der Waals surface area contributed by atoms with E-state index in [1.54, 1.807) is 6.92 Å². The second kappa shape index (κ2) is 3.68. The van der Waals surface area contributed by atoms with Gasteiger partial charge in [0.25, 0.3) is 0 Å². The molecule has 1 saturated heterocycles. The second-order valence-corrected chi connectivity index (χ2v) is 7.82. The smallest absolute Gasteiger partial charge is 0.333 e. The number of ether oxygens (including phenoxy) is 2. The number of carbonyl (C=O) groups excluding carboxylic acids is 1. The summed E-state index contributed by atoms with van der Waals surface area (Å²) in [5, 5.41) is 0. The first-order chi connectivity index (χ1) is 9.65. The van der Waals surface area contributed by atoms with Crippen LogP contribution in [0.1, 0.15) is 26.2 Å². The summed E-state index contributed by atoms with van der Waals surface area (Å²) in [6.07, 6.45) is 5.34. The number of hydrogen-bond acceptors (Lipinski definition) is 3. The zero-order chi connectivity index (χ0) is 13.6. The van der Waals surface area contributed by atoms with Crippen LogP contribution in [-0.2, 0) is 14.3 Å². The van der Waals surface area contributed by atoms with Crippen LogP contribution in [0.25, 0.3) is 0 Å². The van der Waals surface area contributed by atoms with Crippen LogP contribution in [-0.4, -0.2) is 24.8 Å². The van der Waals surface area contributed by atoms with Crippen LogP contribution in [0.5, 0.6) is 0 Å². The van der Waals surface area contributed by atoms with Gasteiger partial charge in [0, 0.05) is 5.57 Å². The van der Waals surface area contributed by atoms with Crippen LogP contribution in [0.3, 0.4) is 0 Å². The lowest BCUT2D eigenvalue weighted by molar-refractivity contribution is -0.141. The highest BCUT2D eigenvalue weighted by Gasteiger charge is 2.73. The highest BCUT2D eigenvalue weighted by Crippen LogP contribution is 2.72. The van der Waals surface area contributed by atoms with Crippen LogP contribution in [0.15, 0.2) is 12.2 Å². The standard InChI is InChI=1S/C17H22O3/c1-7(2)17(18)19-6-9-3-8-4-10(9)14-12-5-11(13(8)14)15-16(12)20-15/h8-16H,1,3-6H2,2H3. The van der Waals surface area contributed by atoms with Crippen molar-refractivity contribution in [2.24, 2.45) is 41.4 Å². The van der Waals surface area contributed by atoms with Crippen LogP contribution in [0.2, 0.25) is 0 Å². The molecule has 0 radical (unpaired) electrons. The van der Waals surface area contributed by atoms with Crippen molar-refractivity contribution in [3.63, 3.8) is 0 Å². The molecule has 0 aromatic carbocycles. The molecule has 1 heterocycles. The van der Waals surface area contributed by atoms with E-state index in [2.05, 4.69) is 6.58 Å². The van der Waals surface area contributed by atoms with Gasteiger partial charge in [-0.1, -0.05) is 6.58 Å². The third-order valence-electron chi connectivity index (χ3n) is 6.98. The Kier molecular flexibility index (Phi) is 2.17. The van der Waals surface area contributed by atoms with Crippen molar-refractivity contribution in [3.8, 4) is 0 Å². The molecule has 0 N–H and O–H groups in total. The lowest BCUT2D eigenvalue weighted by Crippen LogP contribution is -2.37. The van der Waals surface area contributed by atoms with Crippen molar-refractivity contribution < 1.29 is 14.3 Å². The highest BCUT2D eigenvalue weighted by molar-refractivity contribution is 5.86. The molecule has 9 unspecified atom stereocenters. The Bertz CT molecular complexity index is 498. The monoisotopic (exact) mass is 274 g/mol. The fourth-order valence-corrected chi connectivity index (χ4v) is 6.48. The molecule has 3 nitrogen and oxygen atoms in total. The van der Waals surface area contributed by atoms with Gasteiger partial charge in [0.2, 0.25) is 0 Å². The Labute approximate surface area is 119 Å². The van der Waals surface area contributed by atoms with Gasteiger partial charge in [-0.2, -0.15) is 0 Å². The van der Waals surface area contributed by atoms with Crippen molar-refractivity contribution in [1.82, 2.24) is 0 Å². The molecule has 5 rings (SSSR count). The topological polar surface area (TPSA) is 38.8 Å². The Hall–Kier alpha value is -0.830. The van der Waals surface area contributed by atoms with Gasteiger partial charge in [-0.25, -0.2) is 4.79 Å². The summed E-state index contributed by atoms with van der Waals surface area (Å²) in [6, 6.07) is 0.